The van der Waals surface area contributed by atoms with Gasteiger partial charge in [0.15, 0.2) is 0 Å². The maximum absolute atomic E-state index is 13.6. The minimum Gasteiger partial charge on any atom is -0.299 e. The summed E-state index contributed by atoms with van der Waals surface area (Å²) >= 11 is 0. The highest BCUT2D eigenvalue weighted by molar-refractivity contribution is 5.90. The second kappa shape index (κ2) is 6.92. The van der Waals surface area contributed by atoms with Crippen molar-refractivity contribution in [2.24, 2.45) is 71.0 Å². The predicted octanol–water partition coefficient (Wildman–Crippen LogP) is 6.08. The summed E-state index contributed by atoms with van der Waals surface area (Å²) in [5, 5.41) is 0. The summed E-state index contributed by atoms with van der Waals surface area (Å²) in [5.74, 6) is 8.89. The molecule has 0 N–H and O–H groups in total. The summed E-state index contributed by atoms with van der Waals surface area (Å²) in [5.41, 5.74) is 0. The first-order chi connectivity index (χ1) is 14.7. The molecule has 7 fully saturated rings. The van der Waals surface area contributed by atoms with E-state index in [0.29, 0.717) is 47.1 Å². The lowest BCUT2D eigenvalue weighted by Gasteiger charge is -2.51. The minimum atomic E-state index is 0.257. The van der Waals surface area contributed by atoms with Gasteiger partial charge in [-0.3, -0.25) is 9.59 Å². The summed E-state index contributed by atoms with van der Waals surface area (Å²) in [4.78, 5) is 26.9. The molecule has 0 aromatic heterocycles. The Bertz CT molecular complexity index is 741. The fraction of sp³-hybridized carbons (Fsp3) is 0.929. The van der Waals surface area contributed by atoms with Gasteiger partial charge < -0.3 is 0 Å². The van der Waals surface area contributed by atoms with Crippen molar-refractivity contribution in [3.63, 3.8) is 0 Å². The number of fused-ring (bicyclic) bond motifs is 9. The SMILES string of the molecule is O=C1C2CCCCC2C2CC3C(CC12)C(=O)C1CC2CCC4CCCCC4C2CC13. The lowest BCUT2D eigenvalue weighted by molar-refractivity contribution is -0.129. The molecule has 0 aromatic rings. The summed E-state index contributed by atoms with van der Waals surface area (Å²) in [6.45, 7) is 0. The van der Waals surface area contributed by atoms with Gasteiger partial charge in [0.05, 0.1) is 0 Å². The van der Waals surface area contributed by atoms with E-state index < -0.39 is 0 Å². The molecule has 0 spiro atoms. The second-order valence-electron chi connectivity index (χ2n) is 12.8. The van der Waals surface area contributed by atoms with Crippen LogP contribution < -0.4 is 0 Å². The highest BCUT2D eigenvalue weighted by atomic mass is 16.1. The fourth-order valence-electron chi connectivity index (χ4n) is 11.0. The largest absolute Gasteiger partial charge is 0.299 e. The molecule has 0 radical (unpaired) electrons. The van der Waals surface area contributed by atoms with Crippen LogP contribution in [0.3, 0.4) is 0 Å². The summed E-state index contributed by atoms with van der Waals surface area (Å²) in [7, 11) is 0. The number of carbonyl (C=O) groups excluding carboxylic acids is 2. The van der Waals surface area contributed by atoms with Crippen LogP contribution >= 0.6 is 0 Å². The van der Waals surface area contributed by atoms with Crippen LogP contribution in [0.25, 0.3) is 0 Å². The molecule has 30 heavy (non-hydrogen) atoms. The van der Waals surface area contributed by atoms with E-state index in [4.69, 9.17) is 0 Å². The van der Waals surface area contributed by atoms with Crippen LogP contribution in [0.5, 0.6) is 0 Å². The van der Waals surface area contributed by atoms with Gasteiger partial charge in [-0.05, 0) is 105 Å². The first-order valence-corrected chi connectivity index (χ1v) is 13.8. The number of rotatable bonds is 0. The van der Waals surface area contributed by atoms with E-state index >= 15 is 0 Å². The smallest absolute Gasteiger partial charge is 0.139 e. The number of carbonyl (C=O) groups is 2. The third-order valence-electron chi connectivity index (χ3n) is 12.1. The van der Waals surface area contributed by atoms with Gasteiger partial charge in [-0.2, -0.15) is 0 Å². The molecular formula is C28H40O2. The Morgan fingerprint density at radius 3 is 1.80 bits per heavy atom. The predicted molar refractivity (Wildman–Crippen MR) is 117 cm³/mol. The van der Waals surface area contributed by atoms with E-state index in [-0.39, 0.29) is 11.8 Å². The zero-order valence-corrected chi connectivity index (χ0v) is 18.6. The average molecular weight is 409 g/mol. The molecule has 164 valence electrons. The molecular weight excluding hydrogens is 368 g/mol. The number of hydrogen-bond donors (Lipinski definition) is 0. The number of Topliss-reactive ketones (excluding diaryl/α,β-unsaturated/α-hetero) is 2. The van der Waals surface area contributed by atoms with Crippen LogP contribution in [0.4, 0.5) is 0 Å². The van der Waals surface area contributed by atoms with Crippen molar-refractivity contribution in [1.29, 1.82) is 0 Å². The van der Waals surface area contributed by atoms with E-state index in [0.717, 1.165) is 36.5 Å². The molecule has 0 saturated heterocycles. The Hall–Kier alpha value is -0.660. The third kappa shape index (κ3) is 2.54. The lowest BCUT2D eigenvalue weighted by atomic mass is 9.53. The van der Waals surface area contributed by atoms with Gasteiger partial charge in [0, 0.05) is 23.7 Å². The monoisotopic (exact) mass is 408 g/mol. The molecule has 0 aliphatic heterocycles. The van der Waals surface area contributed by atoms with E-state index in [1.165, 1.54) is 77.0 Å². The molecule has 7 rings (SSSR count). The van der Waals surface area contributed by atoms with Crippen molar-refractivity contribution >= 4 is 11.6 Å². The van der Waals surface area contributed by atoms with Gasteiger partial charge in [-0.15, -0.1) is 0 Å². The molecule has 0 heterocycles. The molecule has 7 aliphatic carbocycles. The average Bonchev–Trinajstić information content (AvgIpc) is 3.23. The van der Waals surface area contributed by atoms with Crippen molar-refractivity contribution in [1.82, 2.24) is 0 Å². The topological polar surface area (TPSA) is 34.1 Å². The maximum atomic E-state index is 13.6. The zero-order valence-electron chi connectivity index (χ0n) is 18.6. The molecule has 0 amide bonds. The minimum absolute atomic E-state index is 0.257. The Morgan fingerprint density at radius 2 is 0.967 bits per heavy atom. The zero-order chi connectivity index (χ0) is 20.0. The molecule has 0 aromatic carbocycles. The van der Waals surface area contributed by atoms with Crippen LogP contribution in [0.2, 0.25) is 0 Å². The van der Waals surface area contributed by atoms with Crippen LogP contribution in [0.1, 0.15) is 89.9 Å². The summed E-state index contributed by atoms with van der Waals surface area (Å²) in [6, 6.07) is 0. The first kappa shape index (κ1) is 18.9. The Kier molecular flexibility index (Phi) is 4.35. The summed E-state index contributed by atoms with van der Waals surface area (Å²) in [6.07, 6.45) is 18.6. The van der Waals surface area contributed by atoms with Crippen molar-refractivity contribution in [2.45, 2.75) is 89.9 Å². The lowest BCUT2D eigenvalue weighted by Crippen LogP contribution is -2.43. The molecule has 0 bridgehead atoms. The molecule has 12 unspecified atom stereocenters. The third-order valence-corrected chi connectivity index (χ3v) is 12.1. The highest BCUT2D eigenvalue weighted by Gasteiger charge is 2.62. The van der Waals surface area contributed by atoms with Gasteiger partial charge in [0.1, 0.15) is 11.6 Å². The Morgan fingerprint density at radius 1 is 0.400 bits per heavy atom. The molecule has 7 aliphatic rings. The Labute approximate surface area is 182 Å². The normalized spacial score (nSPS) is 56.9. The van der Waals surface area contributed by atoms with Crippen LogP contribution in [0, 0.1) is 71.0 Å². The van der Waals surface area contributed by atoms with Crippen molar-refractivity contribution in [3.8, 4) is 0 Å². The molecule has 2 heteroatoms. The van der Waals surface area contributed by atoms with E-state index in [1.54, 1.807) is 0 Å². The van der Waals surface area contributed by atoms with Gasteiger partial charge in [-0.1, -0.05) is 32.1 Å². The van der Waals surface area contributed by atoms with Crippen LogP contribution in [-0.4, -0.2) is 11.6 Å². The summed E-state index contributed by atoms with van der Waals surface area (Å²) < 4.78 is 0. The van der Waals surface area contributed by atoms with E-state index in [9.17, 15) is 9.59 Å². The fourth-order valence-corrected chi connectivity index (χ4v) is 11.0. The molecule has 2 nitrogen and oxygen atoms in total. The van der Waals surface area contributed by atoms with Gasteiger partial charge >= 0.3 is 0 Å². The van der Waals surface area contributed by atoms with Gasteiger partial charge in [-0.25, -0.2) is 0 Å². The quantitative estimate of drug-likeness (QED) is 0.487. The van der Waals surface area contributed by atoms with Gasteiger partial charge in [0.2, 0.25) is 0 Å². The number of hydrogen-bond acceptors (Lipinski definition) is 2. The van der Waals surface area contributed by atoms with Crippen molar-refractivity contribution < 1.29 is 9.59 Å². The van der Waals surface area contributed by atoms with Crippen LogP contribution in [-0.2, 0) is 9.59 Å². The van der Waals surface area contributed by atoms with Crippen LogP contribution in [0.15, 0.2) is 0 Å². The van der Waals surface area contributed by atoms with Gasteiger partial charge in [0.25, 0.3) is 0 Å². The Balaban J connectivity index is 1.16. The maximum Gasteiger partial charge on any atom is 0.139 e. The number of ketones is 2. The first-order valence-electron chi connectivity index (χ1n) is 13.8. The van der Waals surface area contributed by atoms with Crippen molar-refractivity contribution in [2.75, 3.05) is 0 Å². The van der Waals surface area contributed by atoms with E-state index in [1.807, 2.05) is 0 Å². The molecule has 12 atom stereocenters. The standard InChI is InChI=1S/C28H40O2/c29-27-19-8-4-3-7-18(19)21-13-23-22-12-20-16(10-9-15-5-1-2-6-17(15)20)11-24(22)28(30)26(23)14-25(21)27/h15-26H,1-14H2. The van der Waals surface area contributed by atoms with E-state index in [2.05, 4.69) is 0 Å². The molecule has 7 saturated carbocycles. The second-order valence-corrected chi connectivity index (χ2v) is 12.8. The van der Waals surface area contributed by atoms with Crippen molar-refractivity contribution in [3.05, 3.63) is 0 Å². The highest BCUT2D eigenvalue weighted by Crippen LogP contribution is 2.64.